The van der Waals surface area contributed by atoms with Crippen molar-refractivity contribution in [3.63, 3.8) is 0 Å². The molecule has 1 rings (SSSR count). The molecule has 2 nitrogen and oxygen atoms in total. The molecule has 0 radical (unpaired) electrons. The smallest absolute Gasteiger partial charge is 0.126 e. The van der Waals surface area contributed by atoms with E-state index in [1.807, 2.05) is 13.8 Å². The van der Waals surface area contributed by atoms with E-state index in [1.165, 1.54) is 12.1 Å². The number of aliphatic hydroxyl groups is 1. The first-order valence-corrected chi connectivity index (χ1v) is 6.16. The molecule has 0 aliphatic rings. The minimum atomic E-state index is -0.806. The molecule has 0 fully saturated rings. The maximum absolute atomic E-state index is 12.9. The van der Waals surface area contributed by atoms with Crippen molar-refractivity contribution in [2.75, 3.05) is 6.54 Å². The van der Waals surface area contributed by atoms with E-state index in [0.29, 0.717) is 31.0 Å². The first-order valence-electron chi connectivity index (χ1n) is 6.16. The molecule has 0 spiro atoms. The topological polar surface area (TPSA) is 32.3 Å². The molecule has 0 aromatic heterocycles. The van der Waals surface area contributed by atoms with Crippen molar-refractivity contribution in [2.24, 2.45) is 5.92 Å². The Morgan fingerprint density at radius 3 is 2.28 bits per heavy atom. The van der Waals surface area contributed by atoms with Crippen molar-refractivity contribution >= 4 is 0 Å². The third-order valence-electron chi connectivity index (χ3n) is 2.61. The molecular formula is C14H21F2NO. The molecule has 1 aromatic rings. The van der Waals surface area contributed by atoms with Gasteiger partial charge < -0.3 is 10.4 Å². The van der Waals surface area contributed by atoms with Crippen LogP contribution in [0.4, 0.5) is 8.78 Å². The third-order valence-corrected chi connectivity index (χ3v) is 2.61. The monoisotopic (exact) mass is 257 g/mol. The molecule has 0 saturated heterocycles. The first kappa shape index (κ1) is 15.1. The molecule has 18 heavy (non-hydrogen) atoms. The van der Waals surface area contributed by atoms with Gasteiger partial charge in [0.2, 0.25) is 0 Å². The van der Waals surface area contributed by atoms with Gasteiger partial charge in [-0.2, -0.15) is 0 Å². The van der Waals surface area contributed by atoms with Crippen molar-refractivity contribution in [2.45, 2.75) is 39.3 Å². The van der Waals surface area contributed by atoms with E-state index in [4.69, 9.17) is 0 Å². The van der Waals surface area contributed by atoms with Crippen molar-refractivity contribution in [1.82, 2.24) is 5.32 Å². The number of hydrogen-bond acceptors (Lipinski definition) is 2. The Labute approximate surface area is 107 Å². The Balaban J connectivity index is 2.46. The van der Waals surface area contributed by atoms with Gasteiger partial charge in [-0.3, -0.25) is 0 Å². The van der Waals surface area contributed by atoms with Gasteiger partial charge in [-0.05, 0) is 37.0 Å². The van der Waals surface area contributed by atoms with Gasteiger partial charge in [0, 0.05) is 19.2 Å². The molecule has 0 bridgehead atoms. The lowest BCUT2D eigenvalue weighted by Gasteiger charge is -2.25. The summed E-state index contributed by atoms with van der Waals surface area (Å²) in [6.07, 6.45) is 0.678. The van der Waals surface area contributed by atoms with Crippen LogP contribution in [-0.2, 0) is 6.54 Å². The average Bonchev–Trinajstić information content (AvgIpc) is 2.12. The van der Waals surface area contributed by atoms with E-state index in [-0.39, 0.29) is 0 Å². The van der Waals surface area contributed by atoms with Gasteiger partial charge >= 0.3 is 0 Å². The number of rotatable bonds is 6. The van der Waals surface area contributed by atoms with Crippen molar-refractivity contribution in [1.29, 1.82) is 0 Å². The van der Waals surface area contributed by atoms with Gasteiger partial charge in [0.15, 0.2) is 0 Å². The summed E-state index contributed by atoms with van der Waals surface area (Å²) >= 11 is 0. The highest BCUT2D eigenvalue weighted by atomic mass is 19.1. The first-order chi connectivity index (χ1) is 8.28. The van der Waals surface area contributed by atoms with E-state index < -0.39 is 17.2 Å². The molecule has 1 aromatic carbocycles. The summed E-state index contributed by atoms with van der Waals surface area (Å²) in [5.41, 5.74) is -0.270. The third kappa shape index (κ3) is 5.56. The van der Waals surface area contributed by atoms with Crippen LogP contribution in [0.25, 0.3) is 0 Å². The summed E-state index contributed by atoms with van der Waals surface area (Å²) in [6.45, 7) is 6.56. The normalized spacial score (nSPS) is 14.8. The highest BCUT2D eigenvalue weighted by molar-refractivity contribution is 5.17. The van der Waals surface area contributed by atoms with E-state index in [1.54, 1.807) is 6.92 Å². The maximum atomic E-state index is 12.9. The van der Waals surface area contributed by atoms with Gasteiger partial charge in [-0.1, -0.05) is 13.8 Å². The molecule has 0 amide bonds. The zero-order chi connectivity index (χ0) is 13.8. The second-order valence-corrected chi connectivity index (χ2v) is 5.48. The molecule has 0 heterocycles. The van der Waals surface area contributed by atoms with Crippen LogP contribution in [0, 0.1) is 17.6 Å². The Bertz CT molecular complexity index is 371. The molecule has 1 unspecified atom stereocenters. The quantitative estimate of drug-likeness (QED) is 0.821. The molecule has 1 atom stereocenters. The largest absolute Gasteiger partial charge is 0.389 e. The predicted octanol–water partition coefficient (Wildman–Crippen LogP) is 2.85. The van der Waals surface area contributed by atoms with Crippen LogP contribution < -0.4 is 5.32 Å². The molecule has 0 saturated carbocycles. The molecular weight excluding hydrogens is 236 g/mol. The van der Waals surface area contributed by atoms with E-state index >= 15 is 0 Å². The molecule has 2 N–H and O–H groups in total. The maximum Gasteiger partial charge on any atom is 0.126 e. The minimum absolute atomic E-state index is 0.336. The standard InChI is InChI=1S/C14H21F2NO/c1-10(2)7-14(3,18)9-17-8-11-4-12(15)6-13(16)5-11/h4-6,10,17-18H,7-9H2,1-3H3. The molecule has 0 aliphatic carbocycles. The van der Waals surface area contributed by atoms with E-state index in [0.717, 1.165) is 6.07 Å². The van der Waals surface area contributed by atoms with E-state index in [2.05, 4.69) is 5.32 Å². The van der Waals surface area contributed by atoms with Crippen molar-refractivity contribution in [3.05, 3.63) is 35.4 Å². The fourth-order valence-electron chi connectivity index (χ4n) is 2.14. The van der Waals surface area contributed by atoms with Crippen LogP contribution >= 0.6 is 0 Å². The predicted molar refractivity (Wildman–Crippen MR) is 68.1 cm³/mol. The van der Waals surface area contributed by atoms with Gasteiger partial charge in [-0.25, -0.2) is 8.78 Å². The molecule has 102 valence electrons. The summed E-state index contributed by atoms with van der Waals surface area (Å²) in [6, 6.07) is 3.42. The Hall–Kier alpha value is -1.00. The van der Waals surface area contributed by atoms with Crippen LogP contribution in [0.1, 0.15) is 32.8 Å². The van der Waals surface area contributed by atoms with Crippen molar-refractivity contribution in [3.8, 4) is 0 Å². The van der Waals surface area contributed by atoms with Gasteiger partial charge in [-0.15, -0.1) is 0 Å². The summed E-state index contributed by atoms with van der Waals surface area (Å²) in [5, 5.41) is 13.1. The zero-order valence-corrected chi connectivity index (χ0v) is 11.1. The van der Waals surface area contributed by atoms with Crippen molar-refractivity contribution < 1.29 is 13.9 Å². The lowest BCUT2D eigenvalue weighted by atomic mass is 9.94. The number of nitrogens with one attached hydrogen (secondary N) is 1. The van der Waals surface area contributed by atoms with Crippen LogP contribution in [0.5, 0.6) is 0 Å². The van der Waals surface area contributed by atoms with E-state index in [9.17, 15) is 13.9 Å². The Morgan fingerprint density at radius 1 is 1.22 bits per heavy atom. The number of benzene rings is 1. The molecule has 0 aliphatic heterocycles. The summed E-state index contributed by atoms with van der Waals surface area (Å²) in [7, 11) is 0. The van der Waals surface area contributed by atoms with Crippen LogP contribution in [0.2, 0.25) is 0 Å². The van der Waals surface area contributed by atoms with Crippen LogP contribution in [-0.4, -0.2) is 17.3 Å². The lowest BCUT2D eigenvalue weighted by molar-refractivity contribution is 0.0383. The highest BCUT2D eigenvalue weighted by Gasteiger charge is 2.21. The lowest BCUT2D eigenvalue weighted by Crippen LogP contribution is -2.38. The second-order valence-electron chi connectivity index (χ2n) is 5.48. The summed E-state index contributed by atoms with van der Waals surface area (Å²) in [5.74, 6) is -0.769. The Morgan fingerprint density at radius 2 is 1.78 bits per heavy atom. The molecule has 4 heteroatoms. The fourth-order valence-corrected chi connectivity index (χ4v) is 2.14. The second kappa shape index (κ2) is 6.25. The van der Waals surface area contributed by atoms with Gasteiger partial charge in [0.1, 0.15) is 11.6 Å². The fraction of sp³-hybridized carbons (Fsp3) is 0.571. The summed E-state index contributed by atoms with van der Waals surface area (Å²) in [4.78, 5) is 0. The highest BCUT2D eigenvalue weighted by Crippen LogP contribution is 2.15. The zero-order valence-electron chi connectivity index (χ0n) is 11.1. The SMILES string of the molecule is CC(C)CC(C)(O)CNCc1cc(F)cc(F)c1. The van der Waals surface area contributed by atoms with Crippen LogP contribution in [0.3, 0.4) is 0 Å². The minimum Gasteiger partial charge on any atom is -0.389 e. The Kier molecular flexibility index (Phi) is 5.23. The average molecular weight is 257 g/mol. The number of halogens is 2. The van der Waals surface area contributed by atoms with Crippen LogP contribution in [0.15, 0.2) is 18.2 Å². The van der Waals surface area contributed by atoms with Gasteiger partial charge in [0.25, 0.3) is 0 Å². The van der Waals surface area contributed by atoms with Gasteiger partial charge in [0.05, 0.1) is 5.60 Å². The number of hydrogen-bond donors (Lipinski definition) is 2. The summed E-state index contributed by atoms with van der Waals surface area (Å²) < 4.78 is 25.9.